The van der Waals surface area contributed by atoms with Gasteiger partial charge in [0.1, 0.15) is 0 Å². The maximum atomic E-state index is 9.64. The first-order valence-electron chi connectivity index (χ1n) is 10.8. The Morgan fingerprint density at radius 3 is 1.41 bits per heavy atom. The normalized spacial score (nSPS) is 10.6. The molecule has 0 aliphatic rings. The topological polar surface area (TPSA) is 98.4 Å². The van der Waals surface area contributed by atoms with Crippen LogP contribution in [0.2, 0.25) is 0 Å². The number of hydrogen-bond acceptors (Lipinski definition) is 2. The van der Waals surface area contributed by atoms with Gasteiger partial charge in [0.2, 0.25) is 0 Å². The van der Waals surface area contributed by atoms with Crippen molar-refractivity contribution in [2.24, 2.45) is 0 Å². The summed E-state index contributed by atoms with van der Waals surface area (Å²) in [5, 5.41) is 15.8. The number of aliphatic carboxylic acids is 2. The summed E-state index contributed by atoms with van der Waals surface area (Å²) in [7, 11) is 0. The summed E-state index contributed by atoms with van der Waals surface area (Å²) in [6, 6.07) is 0. The molecule has 0 bridgehead atoms. The van der Waals surface area contributed by atoms with Crippen molar-refractivity contribution < 1.29 is 19.8 Å². The fourth-order valence-electron chi connectivity index (χ4n) is 2.59. The predicted molar refractivity (Wildman–Crippen MR) is 113 cm³/mol. The number of hydrogen-bond donors (Lipinski definition) is 2. The van der Waals surface area contributed by atoms with E-state index in [1.807, 2.05) is 0 Å². The Labute approximate surface area is 166 Å². The predicted octanol–water partition coefficient (Wildman–Crippen LogP) is 7.01. The quantitative estimate of drug-likeness (QED) is 0.196. The Hall–Kier alpha value is -1.36. The first-order chi connectivity index (χ1) is 13.0. The van der Waals surface area contributed by atoms with Gasteiger partial charge in [-0.15, -0.1) is 0 Å². The minimum atomic E-state index is -1.08. The lowest BCUT2D eigenvalue weighted by Crippen LogP contribution is -2.00. The van der Waals surface area contributed by atoms with Gasteiger partial charge in [-0.05, 0) is 25.7 Å². The molecule has 0 saturated carbocycles. The highest BCUT2D eigenvalue weighted by Gasteiger charge is 2.00. The fraction of sp³-hybridized carbons (Fsp3) is 0.818. The molecule has 5 heteroatoms. The molecular weight excluding hydrogens is 342 g/mol. The number of carbonyl (C=O) groups is 2. The molecule has 0 aromatic rings. The van der Waals surface area contributed by atoms with E-state index in [0.717, 1.165) is 6.42 Å². The molecule has 0 amide bonds. The molecule has 0 saturated heterocycles. The van der Waals surface area contributed by atoms with Crippen LogP contribution in [0.15, 0.2) is 12.2 Å². The van der Waals surface area contributed by atoms with Crippen molar-refractivity contribution in [2.75, 3.05) is 6.54 Å². The SMILES string of the molecule is CCCCCCCC/C=C\CCCCCCCC[NH-].O=C(O)CCC(=O)O. The minimum Gasteiger partial charge on any atom is -0.677 e. The van der Waals surface area contributed by atoms with E-state index in [9.17, 15) is 9.59 Å². The molecule has 0 aromatic heterocycles. The molecule has 0 atom stereocenters. The summed E-state index contributed by atoms with van der Waals surface area (Å²) in [5.41, 5.74) is 7.07. The summed E-state index contributed by atoms with van der Waals surface area (Å²) < 4.78 is 0. The molecule has 0 rings (SSSR count). The zero-order chi connectivity index (χ0) is 20.6. The molecular formula is C22H42NO4-. The van der Waals surface area contributed by atoms with Crippen molar-refractivity contribution in [3.63, 3.8) is 0 Å². The molecule has 0 fully saturated rings. The summed E-state index contributed by atoms with van der Waals surface area (Å²) in [6.07, 6.45) is 23.0. The van der Waals surface area contributed by atoms with Crippen molar-refractivity contribution >= 4 is 11.9 Å². The Morgan fingerprint density at radius 1 is 0.667 bits per heavy atom. The average Bonchev–Trinajstić information content (AvgIpc) is 2.64. The van der Waals surface area contributed by atoms with E-state index in [4.69, 9.17) is 15.9 Å². The molecule has 0 spiro atoms. The van der Waals surface area contributed by atoms with Gasteiger partial charge >= 0.3 is 11.9 Å². The van der Waals surface area contributed by atoms with E-state index in [1.54, 1.807) is 0 Å². The smallest absolute Gasteiger partial charge is 0.303 e. The van der Waals surface area contributed by atoms with Gasteiger partial charge in [0.05, 0.1) is 12.8 Å². The number of nitrogens with one attached hydrogen (secondary N) is 1. The van der Waals surface area contributed by atoms with Crippen molar-refractivity contribution in [3.8, 4) is 0 Å². The van der Waals surface area contributed by atoms with Crippen LogP contribution in [-0.2, 0) is 9.59 Å². The van der Waals surface area contributed by atoms with Crippen LogP contribution >= 0.6 is 0 Å². The van der Waals surface area contributed by atoms with E-state index in [2.05, 4.69) is 19.1 Å². The van der Waals surface area contributed by atoms with Crippen molar-refractivity contribution in [2.45, 2.75) is 110 Å². The van der Waals surface area contributed by atoms with Crippen molar-refractivity contribution in [1.29, 1.82) is 0 Å². The first kappa shape index (κ1) is 27.9. The molecule has 0 radical (unpaired) electrons. The van der Waals surface area contributed by atoms with Crippen LogP contribution in [0.25, 0.3) is 5.73 Å². The third kappa shape index (κ3) is 32.7. The van der Waals surface area contributed by atoms with Gasteiger partial charge in [-0.1, -0.05) is 83.3 Å². The maximum absolute atomic E-state index is 9.64. The fourth-order valence-corrected chi connectivity index (χ4v) is 2.59. The summed E-state index contributed by atoms with van der Waals surface area (Å²) in [6.45, 7) is 2.89. The largest absolute Gasteiger partial charge is 0.677 e. The average molecular weight is 385 g/mol. The van der Waals surface area contributed by atoms with Crippen LogP contribution in [0.4, 0.5) is 0 Å². The second-order valence-corrected chi connectivity index (χ2v) is 6.98. The third-order valence-electron chi connectivity index (χ3n) is 4.24. The van der Waals surface area contributed by atoms with Crippen molar-refractivity contribution in [3.05, 3.63) is 17.9 Å². The monoisotopic (exact) mass is 384 g/mol. The zero-order valence-electron chi connectivity index (χ0n) is 17.4. The van der Waals surface area contributed by atoms with Crippen LogP contribution in [-0.4, -0.2) is 28.7 Å². The van der Waals surface area contributed by atoms with Gasteiger partial charge in [-0.25, -0.2) is 0 Å². The maximum Gasteiger partial charge on any atom is 0.303 e. The Bertz CT molecular complexity index is 342. The highest BCUT2D eigenvalue weighted by Crippen LogP contribution is 2.09. The highest BCUT2D eigenvalue weighted by molar-refractivity contribution is 5.75. The summed E-state index contributed by atoms with van der Waals surface area (Å²) in [5.74, 6) is -2.15. The van der Waals surface area contributed by atoms with Crippen LogP contribution in [0, 0.1) is 0 Å². The van der Waals surface area contributed by atoms with E-state index in [-0.39, 0.29) is 12.8 Å². The summed E-state index contributed by atoms with van der Waals surface area (Å²) >= 11 is 0. The molecule has 0 aliphatic heterocycles. The van der Waals surface area contributed by atoms with E-state index in [1.165, 1.54) is 83.5 Å². The Balaban J connectivity index is 0. The molecule has 3 N–H and O–H groups in total. The lowest BCUT2D eigenvalue weighted by molar-refractivity contribution is -0.143. The first-order valence-corrected chi connectivity index (χ1v) is 10.8. The molecule has 0 heterocycles. The third-order valence-corrected chi connectivity index (χ3v) is 4.24. The van der Waals surface area contributed by atoms with E-state index in [0.29, 0.717) is 6.54 Å². The molecule has 0 aromatic carbocycles. The minimum absolute atomic E-state index is 0.296. The molecule has 0 unspecified atom stereocenters. The van der Waals surface area contributed by atoms with Crippen LogP contribution < -0.4 is 0 Å². The van der Waals surface area contributed by atoms with Crippen LogP contribution in [0.3, 0.4) is 0 Å². The number of unbranched alkanes of at least 4 members (excludes halogenated alkanes) is 12. The number of allylic oxidation sites excluding steroid dienone is 2. The molecule has 160 valence electrons. The lowest BCUT2D eigenvalue weighted by atomic mass is 10.1. The van der Waals surface area contributed by atoms with Gasteiger partial charge in [-0.2, -0.15) is 6.54 Å². The number of rotatable bonds is 18. The van der Waals surface area contributed by atoms with E-state index >= 15 is 0 Å². The lowest BCUT2D eigenvalue weighted by Gasteiger charge is -2.01. The van der Waals surface area contributed by atoms with Gasteiger partial charge in [0, 0.05) is 0 Å². The van der Waals surface area contributed by atoms with Gasteiger partial charge in [-0.3, -0.25) is 9.59 Å². The standard InChI is InChI=1S/C18H36N.C4H6O4/c1-2-3-4-5-6-7-8-9-10-11-12-13-14-15-16-17-18-19;5-3(6)1-2-4(7)8/h9-10,19H,2-8,11-18H2,1H3;1-2H2,(H,5,6)(H,7,8)/q-1;/b10-9-;. The second-order valence-electron chi connectivity index (χ2n) is 6.98. The summed E-state index contributed by atoms with van der Waals surface area (Å²) in [4.78, 5) is 19.3. The van der Waals surface area contributed by atoms with Gasteiger partial charge < -0.3 is 15.9 Å². The van der Waals surface area contributed by atoms with E-state index < -0.39 is 11.9 Å². The number of carboxylic acid groups (broad SMARTS) is 2. The van der Waals surface area contributed by atoms with Crippen molar-refractivity contribution in [1.82, 2.24) is 0 Å². The Kier molecular flexibility index (Phi) is 25.4. The molecule has 27 heavy (non-hydrogen) atoms. The second kappa shape index (κ2) is 24.6. The van der Waals surface area contributed by atoms with Gasteiger partial charge in [0.15, 0.2) is 0 Å². The van der Waals surface area contributed by atoms with Crippen LogP contribution in [0.5, 0.6) is 0 Å². The Morgan fingerprint density at radius 2 is 1.04 bits per heavy atom. The number of carboxylic acids is 2. The van der Waals surface area contributed by atoms with Gasteiger partial charge in [0.25, 0.3) is 0 Å². The zero-order valence-corrected chi connectivity index (χ0v) is 17.4. The molecule has 0 aliphatic carbocycles. The highest BCUT2D eigenvalue weighted by atomic mass is 16.4. The molecule has 5 nitrogen and oxygen atoms in total. The van der Waals surface area contributed by atoms with Crippen LogP contribution in [0.1, 0.15) is 110 Å².